The number of aryl methyl sites for hydroxylation is 4. The molecule has 0 aliphatic heterocycles. The zero-order valence-corrected chi connectivity index (χ0v) is 12.2. The second kappa shape index (κ2) is 5.54. The molecule has 2 rings (SSSR count). The van der Waals surface area contributed by atoms with E-state index < -0.39 is 0 Å². The fourth-order valence-corrected chi connectivity index (χ4v) is 2.63. The largest absolute Gasteiger partial charge is 0.322 e. The maximum atomic E-state index is 6.31. The van der Waals surface area contributed by atoms with Gasteiger partial charge in [-0.3, -0.25) is 4.98 Å². The van der Waals surface area contributed by atoms with Crippen LogP contribution in [-0.4, -0.2) is 4.98 Å². The van der Waals surface area contributed by atoms with Crippen LogP contribution in [-0.2, 0) is 6.42 Å². The quantitative estimate of drug-likeness (QED) is 0.909. The standard InChI is InChI=1S/C17H22N2/c1-11-8-12(2)15(13(3)9-11)10-16(18)17-7-5-6-14(4)19-17/h5-9,16H,10,18H2,1-4H3. The van der Waals surface area contributed by atoms with E-state index in [4.69, 9.17) is 5.73 Å². The van der Waals surface area contributed by atoms with Gasteiger partial charge < -0.3 is 5.73 Å². The predicted octanol–water partition coefficient (Wildman–Crippen LogP) is 3.56. The summed E-state index contributed by atoms with van der Waals surface area (Å²) in [5.41, 5.74) is 13.6. The van der Waals surface area contributed by atoms with Gasteiger partial charge in [0.2, 0.25) is 0 Å². The maximum Gasteiger partial charge on any atom is 0.0577 e. The summed E-state index contributed by atoms with van der Waals surface area (Å²) in [6.07, 6.45) is 0.842. The molecule has 0 saturated carbocycles. The van der Waals surface area contributed by atoms with Crippen molar-refractivity contribution < 1.29 is 0 Å². The van der Waals surface area contributed by atoms with Gasteiger partial charge in [0.05, 0.1) is 11.7 Å². The number of aromatic nitrogens is 1. The van der Waals surface area contributed by atoms with Gasteiger partial charge in [-0.25, -0.2) is 0 Å². The summed E-state index contributed by atoms with van der Waals surface area (Å²) in [5.74, 6) is 0. The molecule has 100 valence electrons. The molecule has 0 radical (unpaired) electrons. The van der Waals surface area contributed by atoms with E-state index in [9.17, 15) is 0 Å². The van der Waals surface area contributed by atoms with Crippen molar-refractivity contribution in [2.45, 2.75) is 40.2 Å². The summed E-state index contributed by atoms with van der Waals surface area (Å²) in [4.78, 5) is 4.52. The van der Waals surface area contributed by atoms with Gasteiger partial charge in [0, 0.05) is 5.69 Å². The summed E-state index contributed by atoms with van der Waals surface area (Å²) < 4.78 is 0. The molecule has 0 bridgehead atoms. The first-order valence-corrected chi connectivity index (χ1v) is 6.73. The highest BCUT2D eigenvalue weighted by Crippen LogP contribution is 2.22. The third kappa shape index (κ3) is 3.21. The lowest BCUT2D eigenvalue weighted by molar-refractivity contribution is 0.688. The fraction of sp³-hybridized carbons (Fsp3) is 0.353. The molecule has 19 heavy (non-hydrogen) atoms. The minimum absolute atomic E-state index is 0.0417. The minimum Gasteiger partial charge on any atom is -0.322 e. The number of hydrogen-bond acceptors (Lipinski definition) is 2. The van der Waals surface area contributed by atoms with Gasteiger partial charge in [-0.2, -0.15) is 0 Å². The highest BCUT2D eigenvalue weighted by Gasteiger charge is 2.12. The normalized spacial score (nSPS) is 12.5. The average Bonchev–Trinajstić information content (AvgIpc) is 2.33. The monoisotopic (exact) mass is 254 g/mol. The van der Waals surface area contributed by atoms with E-state index in [0.717, 1.165) is 17.8 Å². The van der Waals surface area contributed by atoms with Crippen molar-refractivity contribution in [1.82, 2.24) is 4.98 Å². The lowest BCUT2D eigenvalue weighted by Gasteiger charge is -2.16. The zero-order valence-electron chi connectivity index (χ0n) is 12.2. The molecule has 0 saturated heterocycles. The molecule has 1 heterocycles. The van der Waals surface area contributed by atoms with Crippen LogP contribution in [0.1, 0.15) is 39.7 Å². The highest BCUT2D eigenvalue weighted by atomic mass is 14.8. The first kappa shape index (κ1) is 13.8. The molecule has 0 spiro atoms. The minimum atomic E-state index is -0.0417. The Kier molecular flexibility index (Phi) is 4.01. The first-order valence-electron chi connectivity index (χ1n) is 6.73. The number of nitrogens with two attached hydrogens (primary N) is 1. The molecular formula is C17H22N2. The summed E-state index contributed by atoms with van der Waals surface area (Å²) in [5, 5.41) is 0. The summed E-state index contributed by atoms with van der Waals surface area (Å²) in [6, 6.07) is 10.4. The van der Waals surface area contributed by atoms with Crippen molar-refractivity contribution in [3.8, 4) is 0 Å². The van der Waals surface area contributed by atoms with Gasteiger partial charge in [0.1, 0.15) is 0 Å². The molecule has 0 aliphatic rings. The van der Waals surface area contributed by atoms with Crippen molar-refractivity contribution in [3.63, 3.8) is 0 Å². The maximum absolute atomic E-state index is 6.31. The Balaban J connectivity index is 2.26. The topological polar surface area (TPSA) is 38.9 Å². The fourth-order valence-electron chi connectivity index (χ4n) is 2.63. The van der Waals surface area contributed by atoms with Crippen LogP contribution in [0.3, 0.4) is 0 Å². The number of benzene rings is 1. The molecule has 1 unspecified atom stereocenters. The van der Waals surface area contributed by atoms with Crippen LogP contribution in [0.2, 0.25) is 0 Å². The van der Waals surface area contributed by atoms with Gasteiger partial charge in [-0.05, 0) is 62.9 Å². The van der Waals surface area contributed by atoms with Crippen LogP contribution in [0.25, 0.3) is 0 Å². The lowest BCUT2D eigenvalue weighted by atomic mass is 9.93. The molecule has 2 heteroatoms. The van der Waals surface area contributed by atoms with Crippen molar-refractivity contribution in [3.05, 3.63) is 64.0 Å². The predicted molar refractivity (Wildman–Crippen MR) is 80.3 cm³/mol. The van der Waals surface area contributed by atoms with E-state index in [0.29, 0.717) is 0 Å². The van der Waals surface area contributed by atoms with Gasteiger partial charge in [-0.1, -0.05) is 23.8 Å². The van der Waals surface area contributed by atoms with E-state index in [2.05, 4.69) is 37.9 Å². The van der Waals surface area contributed by atoms with Crippen molar-refractivity contribution in [2.75, 3.05) is 0 Å². The van der Waals surface area contributed by atoms with Crippen molar-refractivity contribution in [1.29, 1.82) is 0 Å². The Labute approximate surface area is 115 Å². The molecule has 0 amide bonds. The Hall–Kier alpha value is -1.67. The molecule has 1 aromatic carbocycles. The second-order valence-electron chi connectivity index (χ2n) is 5.39. The molecule has 0 aliphatic carbocycles. The zero-order chi connectivity index (χ0) is 14.0. The smallest absolute Gasteiger partial charge is 0.0577 e. The molecule has 2 aromatic rings. The van der Waals surface area contributed by atoms with Crippen LogP contribution in [0.15, 0.2) is 30.3 Å². The molecular weight excluding hydrogens is 232 g/mol. The number of hydrogen-bond donors (Lipinski definition) is 1. The van der Waals surface area contributed by atoms with Crippen LogP contribution in [0.4, 0.5) is 0 Å². The summed E-state index contributed by atoms with van der Waals surface area (Å²) in [7, 11) is 0. The van der Waals surface area contributed by atoms with E-state index in [-0.39, 0.29) is 6.04 Å². The van der Waals surface area contributed by atoms with E-state index in [1.807, 2.05) is 25.1 Å². The molecule has 2 N–H and O–H groups in total. The van der Waals surface area contributed by atoms with Crippen LogP contribution in [0, 0.1) is 27.7 Å². The van der Waals surface area contributed by atoms with Crippen LogP contribution in [0.5, 0.6) is 0 Å². The Bertz CT molecular complexity index is 565. The van der Waals surface area contributed by atoms with Crippen molar-refractivity contribution in [2.24, 2.45) is 5.73 Å². The Morgan fingerprint density at radius 1 is 1.05 bits per heavy atom. The average molecular weight is 254 g/mol. The first-order chi connectivity index (χ1) is 8.97. The van der Waals surface area contributed by atoms with E-state index in [1.165, 1.54) is 22.3 Å². The highest BCUT2D eigenvalue weighted by molar-refractivity contribution is 5.38. The molecule has 0 fully saturated rings. The third-order valence-corrected chi connectivity index (χ3v) is 3.55. The third-order valence-electron chi connectivity index (χ3n) is 3.55. The molecule has 2 nitrogen and oxygen atoms in total. The lowest BCUT2D eigenvalue weighted by Crippen LogP contribution is -2.16. The van der Waals surface area contributed by atoms with Crippen molar-refractivity contribution >= 4 is 0 Å². The van der Waals surface area contributed by atoms with E-state index >= 15 is 0 Å². The molecule has 1 atom stereocenters. The number of nitrogens with zero attached hydrogens (tertiary/aromatic N) is 1. The molecule has 1 aromatic heterocycles. The summed E-state index contributed by atoms with van der Waals surface area (Å²) >= 11 is 0. The second-order valence-corrected chi connectivity index (χ2v) is 5.39. The number of rotatable bonds is 3. The Morgan fingerprint density at radius 2 is 1.68 bits per heavy atom. The van der Waals surface area contributed by atoms with Gasteiger partial charge in [0.25, 0.3) is 0 Å². The SMILES string of the molecule is Cc1cc(C)c(CC(N)c2cccc(C)n2)c(C)c1. The van der Waals surface area contributed by atoms with Crippen LogP contribution < -0.4 is 5.73 Å². The van der Waals surface area contributed by atoms with E-state index in [1.54, 1.807) is 0 Å². The summed E-state index contributed by atoms with van der Waals surface area (Å²) in [6.45, 7) is 8.45. The van der Waals surface area contributed by atoms with Gasteiger partial charge in [0.15, 0.2) is 0 Å². The van der Waals surface area contributed by atoms with Crippen LogP contribution >= 0.6 is 0 Å². The van der Waals surface area contributed by atoms with Gasteiger partial charge >= 0.3 is 0 Å². The van der Waals surface area contributed by atoms with Gasteiger partial charge in [-0.15, -0.1) is 0 Å². The Morgan fingerprint density at radius 3 is 2.26 bits per heavy atom. The number of pyridine rings is 1.